The summed E-state index contributed by atoms with van der Waals surface area (Å²) in [6.45, 7) is 3.16. The van der Waals surface area contributed by atoms with E-state index < -0.39 is 5.60 Å². The maximum Gasteiger partial charge on any atom is 0.274 e. The number of likely N-dealkylation sites (N-methyl/N-ethyl adjacent to an activating group) is 1. The molecule has 0 aliphatic carbocycles. The van der Waals surface area contributed by atoms with E-state index in [0.717, 1.165) is 16.7 Å². The van der Waals surface area contributed by atoms with Gasteiger partial charge >= 0.3 is 0 Å². The molecular formula is C23H24N4O3S. The van der Waals surface area contributed by atoms with Crippen molar-refractivity contribution < 1.29 is 14.3 Å². The summed E-state index contributed by atoms with van der Waals surface area (Å²) in [4.78, 5) is 36.0. The van der Waals surface area contributed by atoms with E-state index in [0.29, 0.717) is 19.5 Å². The summed E-state index contributed by atoms with van der Waals surface area (Å²) in [6.07, 6.45) is 4.81. The third kappa shape index (κ3) is 4.50. The van der Waals surface area contributed by atoms with Crippen LogP contribution in [0.15, 0.2) is 59.7 Å². The summed E-state index contributed by atoms with van der Waals surface area (Å²) in [6, 6.07) is 10.1. The molecule has 1 N–H and O–H groups in total. The zero-order valence-corrected chi connectivity index (χ0v) is 18.1. The second-order valence-electron chi connectivity index (χ2n) is 7.37. The number of hydrogen-bond acceptors (Lipinski definition) is 6. The van der Waals surface area contributed by atoms with Crippen LogP contribution >= 0.6 is 11.3 Å². The number of hydrogen-bond donors (Lipinski definition) is 1. The number of morpholine rings is 1. The minimum atomic E-state index is -1.18. The van der Waals surface area contributed by atoms with Gasteiger partial charge < -0.3 is 15.0 Å². The molecule has 1 unspecified atom stereocenters. The lowest BCUT2D eigenvalue weighted by Gasteiger charge is -2.41. The standard InChI is InChI=1S/C23H24N4O3S/c1-2-25-22(29)23(13-17-5-3-4-6-19(17)18-7-12-31-15-18)16-27(10-11-30-23)21(28)20-14-24-8-9-26-20/h3-9,12,14-15H,2,10-11,13,16H2,1H3,(H,25,29). The fourth-order valence-electron chi connectivity index (χ4n) is 3.86. The lowest BCUT2D eigenvalue weighted by Crippen LogP contribution is -2.62. The van der Waals surface area contributed by atoms with Crippen molar-refractivity contribution in [3.63, 3.8) is 0 Å². The van der Waals surface area contributed by atoms with E-state index in [1.165, 1.54) is 18.6 Å². The number of ether oxygens (including phenoxy) is 1. The number of carbonyl (C=O) groups excluding carboxylic acids is 2. The molecule has 2 aromatic heterocycles. The second-order valence-corrected chi connectivity index (χ2v) is 8.15. The molecule has 0 saturated carbocycles. The molecule has 8 heteroatoms. The van der Waals surface area contributed by atoms with E-state index in [9.17, 15) is 9.59 Å². The van der Waals surface area contributed by atoms with Gasteiger partial charge in [-0.25, -0.2) is 4.98 Å². The van der Waals surface area contributed by atoms with E-state index in [2.05, 4.69) is 26.7 Å². The number of nitrogens with zero attached hydrogens (tertiary/aromatic N) is 3. The molecule has 1 aliphatic heterocycles. The van der Waals surface area contributed by atoms with Crippen LogP contribution in [0, 0.1) is 0 Å². The average Bonchev–Trinajstić information content (AvgIpc) is 3.35. The van der Waals surface area contributed by atoms with E-state index in [-0.39, 0.29) is 30.7 Å². The Hall–Kier alpha value is -3.10. The van der Waals surface area contributed by atoms with Gasteiger partial charge in [0, 0.05) is 31.9 Å². The molecule has 0 bridgehead atoms. The van der Waals surface area contributed by atoms with Crippen LogP contribution in [-0.2, 0) is 16.0 Å². The Kier molecular flexibility index (Phi) is 6.39. The Labute approximate surface area is 185 Å². The topological polar surface area (TPSA) is 84.4 Å². The fraction of sp³-hybridized carbons (Fsp3) is 0.304. The van der Waals surface area contributed by atoms with Crippen molar-refractivity contribution in [1.29, 1.82) is 0 Å². The SMILES string of the molecule is CCNC(=O)C1(Cc2ccccc2-c2ccsc2)CN(C(=O)c2cnccn2)CCO1. The highest BCUT2D eigenvalue weighted by atomic mass is 32.1. The Morgan fingerprint density at radius 1 is 1.26 bits per heavy atom. The highest BCUT2D eigenvalue weighted by Crippen LogP contribution is 2.31. The molecule has 0 spiro atoms. The average molecular weight is 437 g/mol. The minimum Gasteiger partial charge on any atom is -0.361 e. The van der Waals surface area contributed by atoms with Crippen molar-refractivity contribution in [1.82, 2.24) is 20.2 Å². The third-order valence-corrected chi connectivity index (χ3v) is 6.02. The van der Waals surface area contributed by atoms with Crippen LogP contribution < -0.4 is 5.32 Å². The van der Waals surface area contributed by atoms with Gasteiger partial charge in [0.1, 0.15) is 5.69 Å². The lowest BCUT2D eigenvalue weighted by molar-refractivity contribution is -0.157. The molecule has 1 aliphatic rings. The van der Waals surface area contributed by atoms with Crippen molar-refractivity contribution in [2.24, 2.45) is 0 Å². The Bertz CT molecular complexity index is 1040. The fourth-order valence-corrected chi connectivity index (χ4v) is 4.51. The number of benzene rings is 1. The molecule has 4 rings (SSSR count). The van der Waals surface area contributed by atoms with E-state index in [1.54, 1.807) is 16.2 Å². The number of amides is 2. The maximum absolute atomic E-state index is 13.2. The molecule has 7 nitrogen and oxygen atoms in total. The quantitative estimate of drug-likeness (QED) is 0.642. The number of aromatic nitrogens is 2. The van der Waals surface area contributed by atoms with Crippen LogP contribution in [0.4, 0.5) is 0 Å². The van der Waals surface area contributed by atoms with E-state index in [1.807, 2.05) is 36.6 Å². The molecule has 31 heavy (non-hydrogen) atoms. The third-order valence-electron chi connectivity index (χ3n) is 5.33. The van der Waals surface area contributed by atoms with Crippen molar-refractivity contribution in [3.05, 3.63) is 70.9 Å². The number of nitrogens with one attached hydrogen (secondary N) is 1. The van der Waals surface area contributed by atoms with Crippen molar-refractivity contribution in [3.8, 4) is 11.1 Å². The van der Waals surface area contributed by atoms with Gasteiger partial charge in [0.15, 0.2) is 5.60 Å². The first-order chi connectivity index (χ1) is 15.1. The smallest absolute Gasteiger partial charge is 0.274 e. The molecule has 2 amide bonds. The zero-order valence-electron chi connectivity index (χ0n) is 17.3. The van der Waals surface area contributed by atoms with Crippen LogP contribution in [0.1, 0.15) is 23.0 Å². The van der Waals surface area contributed by atoms with Crippen LogP contribution in [0.25, 0.3) is 11.1 Å². The van der Waals surface area contributed by atoms with Gasteiger partial charge in [-0.15, -0.1) is 0 Å². The summed E-state index contributed by atoms with van der Waals surface area (Å²) in [5, 5.41) is 7.02. The van der Waals surface area contributed by atoms with Crippen LogP contribution in [0.2, 0.25) is 0 Å². The maximum atomic E-state index is 13.2. The molecule has 160 valence electrons. The minimum absolute atomic E-state index is 0.145. The highest BCUT2D eigenvalue weighted by Gasteiger charge is 2.45. The van der Waals surface area contributed by atoms with E-state index >= 15 is 0 Å². The first-order valence-electron chi connectivity index (χ1n) is 10.2. The van der Waals surface area contributed by atoms with Crippen molar-refractivity contribution >= 4 is 23.2 Å². The molecule has 1 atom stereocenters. The molecule has 1 fully saturated rings. The van der Waals surface area contributed by atoms with Gasteiger partial charge in [0.05, 0.1) is 19.3 Å². The van der Waals surface area contributed by atoms with Gasteiger partial charge in [0.2, 0.25) is 0 Å². The van der Waals surface area contributed by atoms with Gasteiger partial charge in [-0.1, -0.05) is 24.3 Å². The second kappa shape index (κ2) is 9.36. The van der Waals surface area contributed by atoms with Crippen LogP contribution in [0.3, 0.4) is 0 Å². The van der Waals surface area contributed by atoms with E-state index in [4.69, 9.17) is 4.74 Å². The Balaban J connectivity index is 1.67. The summed E-state index contributed by atoms with van der Waals surface area (Å²) in [7, 11) is 0. The summed E-state index contributed by atoms with van der Waals surface area (Å²) in [5.74, 6) is -0.469. The van der Waals surface area contributed by atoms with Gasteiger partial charge in [0.25, 0.3) is 11.8 Å². The van der Waals surface area contributed by atoms with Gasteiger partial charge in [-0.3, -0.25) is 14.6 Å². The molecule has 3 aromatic rings. The largest absolute Gasteiger partial charge is 0.361 e. The normalized spacial score (nSPS) is 18.5. The summed E-state index contributed by atoms with van der Waals surface area (Å²) >= 11 is 1.63. The summed E-state index contributed by atoms with van der Waals surface area (Å²) in [5.41, 5.74) is 2.25. The molecule has 3 heterocycles. The van der Waals surface area contributed by atoms with Gasteiger partial charge in [-0.05, 0) is 40.4 Å². The predicted molar refractivity (Wildman–Crippen MR) is 119 cm³/mol. The first-order valence-corrected chi connectivity index (χ1v) is 11.2. The van der Waals surface area contributed by atoms with Crippen molar-refractivity contribution in [2.45, 2.75) is 18.9 Å². The number of rotatable bonds is 6. The Morgan fingerprint density at radius 2 is 2.13 bits per heavy atom. The van der Waals surface area contributed by atoms with Gasteiger partial charge in [-0.2, -0.15) is 11.3 Å². The predicted octanol–water partition coefficient (Wildman–Crippen LogP) is 2.80. The number of thiophene rings is 1. The Morgan fingerprint density at radius 3 is 2.87 bits per heavy atom. The molecular weight excluding hydrogens is 412 g/mol. The molecule has 0 radical (unpaired) electrons. The monoisotopic (exact) mass is 436 g/mol. The molecule has 1 aromatic carbocycles. The molecule has 1 saturated heterocycles. The zero-order chi connectivity index (χ0) is 21.7. The highest BCUT2D eigenvalue weighted by molar-refractivity contribution is 7.08. The van der Waals surface area contributed by atoms with Crippen molar-refractivity contribution in [2.75, 3.05) is 26.2 Å². The van der Waals surface area contributed by atoms with Crippen LogP contribution in [0.5, 0.6) is 0 Å². The number of carbonyl (C=O) groups is 2. The first kappa shape index (κ1) is 21.1. The van der Waals surface area contributed by atoms with Crippen LogP contribution in [-0.4, -0.2) is 58.5 Å². The summed E-state index contributed by atoms with van der Waals surface area (Å²) < 4.78 is 6.13. The lowest BCUT2D eigenvalue weighted by atomic mass is 9.87.